The van der Waals surface area contributed by atoms with Gasteiger partial charge < -0.3 is 43.7 Å². The van der Waals surface area contributed by atoms with Gasteiger partial charge in [-0.05, 0) is 13.0 Å². The van der Waals surface area contributed by atoms with Crippen molar-refractivity contribution in [3.63, 3.8) is 0 Å². The summed E-state index contributed by atoms with van der Waals surface area (Å²) in [5.74, 6) is -1.96. The summed E-state index contributed by atoms with van der Waals surface area (Å²) in [4.78, 5) is 29.5. The highest BCUT2D eigenvalue weighted by atomic mass is 16.7. The van der Waals surface area contributed by atoms with E-state index in [0.29, 0.717) is 19.6 Å². The molecule has 12 heteroatoms. The highest BCUT2D eigenvalue weighted by molar-refractivity contribution is 6.31. The molecule has 2 aromatic rings. The Bertz CT molecular complexity index is 1460. The molecule has 12 nitrogen and oxygen atoms in total. The lowest BCUT2D eigenvalue weighted by Crippen LogP contribution is -2.55. The van der Waals surface area contributed by atoms with Gasteiger partial charge in [-0.25, -0.2) is 0 Å². The van der Waals surface area contributed by atoms with Crippen LogP contribution in [0.15, 0.2) is 18.2 Å². The standard InChI is InChI=1S/C30H33NO11/c1-12-28-16(31-7-8-39-30(38-3)29(31)42-28)11-19(40-12)41-18-10-13(32)9-15-21(18)27(36)23-22(25(15)34)24(33)14-5-4-6-17(37-2)20(14)26(23)35/h4-6,12-13,16,18-19,28-30,32,34,36H,7-11H2,1-3H3/t12-,13-,16-,18-,19-,28+,29+,30-/m0/s1. The maximum atomic E-state index is 13.7. The third-order valence-corrected chi connectivity index (χ3v) is 9.11. The lowest BCUT2D eigenvalue weighted by molar-refractivity contribution is -0.255. The van der Waals surface area contributed by atoms with Gasteiger partial charge in [0.2, 0.25) is 5.78 Å². The van der Waals surface area contributed by atoms with E-state index in [2.05, 4.69) is 4.90 Å². The first-order chi connectivity index (χ1) is 20.2. The molecule has 3 N–H and O–H groups in total. The van der Waals surface area contributed by atoms with Crippen molar-refractivity contribution in [2.75, 3.05) is 27.4 Å². The van der Waals surface area contributed by atoms with E-state index in [4.69, 9.17) is 28.4 Å². The van der Waals surface area contributed by atoms with E-state index < -0.39 is 47.9 Å². The fourth-order valence-electron chi connectivity index (χ4n) is 7.28. The second-order valence-electron chi connectivity index (χ2n) is 11.4. The zero-order chi connectivity index (χ0) is 29.4. The Balaban J connectivity index is 1.24. The SMILES string of the molecule is COc1cccc2c1C(=O)c1c(O)c3c(c(O)c1C2=O)C[C@H](O)C[C@@H]3O[C@H]1C[C@H]2[C@H](O[C@@H]3[C@@H](OC)OCCN32)[C@H](C)O1. The van der Waals surface area contributed by atoms with Crippen LogP contribution in [0.3, 0.4) is 0 Å². The highest BCUT2D eigenvalue weighted by Crippen LogP contribution is 2.51. The van der Waals surface area contributed by atoms with Gasteiger partial charge in [-0.1, -0.05) is 12.1 Å². The number of rotatable bonds is 4. The molecule has 2 aromatic carbocycles. The number of hydrogen-bond donors (Lipinski definition) is 3. The van der Waals surface area contributed by atoms with Gasteiger partial charge in [0.25, 0.3) is 0 Å². The second kappa shape index (κ2) is 10.3. The van der Waals surface area contributed by atoms with Crippen LogP contribution >= 0.6 is 0 Å². The van der Waals surface area contributed by atoms with E-state index in [0.717, 1.165) is 0 Å². The zero-order valence-corrected chi connectivity index (χ0v) is 23.4. The topological polar surface area (TPSA) is 153 Å². The summed E-state index contributed by atoms with van der Waals surface area (Å²) in [5.41, 5.74) is -0.163. The number of morpholine rings is 1. The maximum Gasteiger partial charge on any atom is 0.202 e. The molecule has 3 saturated heterocycles. The molecule has 3 heterocycles. The molecule has 3 fully saturated rings. The van der Waals surface area contributed by atoms with Crippen LogP contribution < -0.4 is 4.74 Å². The normalized spacial score (nSPS) is 33.8. The van der Waals surface area contributed by atoms with Crippen LogP contribution in [0.4, 0.5) is 0 Å². The third-order valence-electron chi connectivity index (χ3n) is 9.11. The predicted molar refractivity (Wildman–Crippen MR) is 143 cm³/mol. The summed E-state index contributed by atoms with van der Waals surface area (Å²) in [6.07, 6.45) is -3.58. The fraction of sp³-hybridized carbons (Fsp3) is 0.533. The number of hydrogen-bond acceptors (Lipinski definition) is 12. The van der Waals surface area contributed by atoms with Crippen LogP contribution in [-0.4, -0.2) is 102 Å². The van der Waals surface area contributed by atoms with Crippen LogP contribution in [0, 0.1) is 0 Å². The van der Waals surface area contributed by atoms with E-state index in [9.17, 15) is 24.9 Å². The number of fused-ring (bicyclic) bond motifs is 6. The number of carbonyl (C=O) groups is 2. The van der Waals surface area contributed by atoms with Crippen LogP contribution in [0.5, 0.6) is 17.2 Å². The van der Waals surface area contributed by atoms with Crippen molar-refractivity contribution in [3.05, 3.63) is 51.6 Å². The molecular formula is C30H33NO11. The number of phenols is 2. The minimum absolute atomic E-state index is 0.0200. The minimum atomic E-state index is -0.928. The molecule has 8 atom stereocenters. The minimum Gasteiger partial charge on any atom is -0.507 e. The van der Waals surface area contributed by atoms with E-state index in [1.165, 1.54) is 13.2 Å². The van der Waals surface area contributed by atoms with Crippen LogP contribution in [-0.2, 0) is 30.1 Å². The van der Waals surface area contributed by atoms with Crippen molar-refractivity contribution in [3.8, 4) is 17.2 Å². The number of ketones is 2. The molecule has 7 rings (SSSR count). The summed E-state index contributed by atoms with van der Waals surface area (Å²) in [6.45, 7) is 3.04. The average Bonchev–Trinajstić information content (AvgIpc) is 3.36. The van der Waals surface area contributed by atoms with E-state index in [1.54, 1.807) is 19.2 Å². The van der Waals surface area contributed by atoms with Gasteiger partial charge in [0.1, 0.15) is 23.4 Å². The second-order valence-corrected chi connectivity index (χ2v) is 11.4. The predicted octanol–water partition coefficient (Wildman–Crippen LogP) is 1.78. The lowest BCUT2D eigenvalue weighted by Gasteiger charge is -2.42. The molecule has 3 aliphatic heterocycles. The Morgan fingerprint density at radius 2 is 1.79 bits per heavy atom. The van der Waals surface area contributed by atoms with Crippen molar-refractivity contribution in [2.24, 2.45) is 0 Å². The van der Waals surface area contributed by atoms with Crippen molar-refractivity contribution >= 4 is 11.6 Å². The fourth-order valence-corrected chi connectivity index (χ4v) is 7.28. The molecule has 2 aliphatic carbocycles. The number of ether oxygens (including phenoxy) is 6. The summed E-state index contributed by atoms with van der Waals surface area (Å²) < 4.78 is 35.4. The summed E-state index contributed by atoms with van der Waals surface area (Å²) in [6, 6.07) is 4.57. The molecule has 5 aliphatic rings. The van der Waals surface area contributed by atoms with E-state index >= 15 is 0 Å². The monoisotopic (exact) mass is 583 g/mol. The third kappa shape index (κ3) is 4.01. The number of aliphatic hydroxyl groups is 1. The van der Waals surface area contributed by atoms with E-state index in [1.807, 2.05) is 6.92 Å². The van der Waals surface area contributed by atoms with Crippen LogP contribution in [0.2, 0.25) is 0 Å². The van der Waals surface area contributed by atoms with Crippen LogP contribution in [0.25, 0.3) is 0 Å². The first-order valence-corrected chi connectivity index (χ1v) is 14.1. The molecule has 0 aromatic heterocycles. The quantitative estimate of drug-likeness (QED) is 0.384. The molecule has 0 spiro atoms. The smallest absolute Gasteiger partial charge is 0.202 e. The van der Waals surface area contributed by atoms with Gasteiger partial charge in [0.05, 0.1) is 48.7 Å². The molecule has 0 bridgehead atoms. The first-order valence-electron chi connectivity index (χ1n) is 14.1. The Hall–Kier alpha value is -3.10. The van der Waals surface area contributed by atoms with Gasteiger partial charge >= 0.3 is 0 Å². The van der Waals surface area contributed by atoms with E-state index in [-0.39, 0.29) is 76.4 Å². The van der Waals surface area contributed by atoms with Gasteiger partial charge in [-0.2, -0.15) is 0 Å². The Labute approximate surface area is 241 Å². The number of carbonyl (C=O) groups excluding carboxylic acids is 2. The van der Waals surface area contributed by atoms with Crippen LogP contribution in [0.1, 0.15) is 68.8 Å². The van der Waals surface area contributed by atoms with Gasteiger partial charge in [-0.15, -0.1) is 0 Å². The number of aliphatic hydroxyl groups excluding tert-OH is 1. The number of aromatic hydroxyl groups is 2. The number of phenolic OH excluding ortho intramolecular Hbond substituents is 2. The highest BCUT2D eigenvalue weighted by Gasteiger charge is 2.54. The molecule has 0 radical (unpaired) electrons. The molecule has 42 heavy (non-hydrogen) atoms. The Morgan fingerprint density at radius 1 is 1.00 bits per heavy atom. The van der Waals surface area contributed by atoms with Gasteiger partial charge in [-0.3, -0.25) is 14.5 Å². The van der Waals surface area contributed by atoms with Crippen molar-refractivity contribution in [2.45, 2.75) is 75.5 Å². The summed E-state index contributed by atoms with van der Waals surface area (Å²) in [5, 5.41) is 33.8. The Kier molecular flexibility index (Phi) is 6.77. The summed E-state index contributed by atoms with van der Waals surface area (Å²) >= 11 is 0. The first kappa shape index (κ1) is 27.7. The zero-order valence-electron chi connectivity index (χ0n) is 23.4. The molecule has 0 unspecified atom stereocenters. The number of methoxy groups -OCH3 is 2. The number of nitrogens with zero attached hydrogens (tertiary/aromatic N) is 1. The molecule has 224 valence electrons. The average molecular weight is 584 g/mol. The molecule has 0 amide bonds. The number of benzene rings is 2. The maximum absolute atomic E-state index is 13.7. The molecular weight excluding hydrogens is 550 g/mol. The van der Waals surface area contributed by atoms with Crippen molar-refractivity contribution in [1.82, 2.24) is 4.90 Å². The summed E-state index contributed by atoms with van der Waals surface area (Å²) in [7, 11) is 2.96. The lowest BCUT2D eigenvalue weighted by atomic mass is 9.76. The van der Waals surface area contributed by atoms with Gasteiger partial charge in [0, 0.05) is 55.6 Å². The van der Waals surface area contributed by atoms with Gasteiger partial charge in [0.15, 0.2) is 24.6 Å². The van der Waals surface area contributed by atoms with Crippen molar-refractivity contribution < 1.29 is 53.3 Å². The Morgan fingerprint density at radius 3 is 2.55 bits per heavy atom. The molecule has 0 saturated carbocycles. The largest absolute Gasteiger partial charge is 0.507 e. The van der Waals surface area contributed by atoms with Crippen molar-refractivity contribution in [1.29, 1.82) is 0 Å².